The molecule has 0 bridgehead atoms. The minimum absolute atomic E-state index is 0. The van der Waals surface area contributed by atoms with Crippen LogP contribution in [0.25, 0.3) is 0 Å². The van der Waals surface area contributed by atoms with Gasteiger partial charge in [-0.25, -0.2) is 0 Å². The molecule has 3 rings (SSSR count). The van der Waals surface area contributed by atoms with Crippen LogP contribution in [0.4, 0.5) is 0 Å². The summed E-state index contributed by atoms with van der Waals surface area (Å²) in [6, 6.07) is 0. The van der Waals surface area contributed by atoms with E-state index in [-0.39, 0.29) is 88.7 Å². The summed E-state index contributed by atoms with van der Waals surface area (Å²) in [6.45, 7) is 0. The van der Waals surface area contributed by atoms with Gasteiger partial charge < -0.3 is 86.4 Å². The van der Waals surface area contributed by atoms with Gasteiger partial charge in [0.05, 0.1) is 0 Å². The van der Waals surface area contributed by atoms with Gasteiger partial charge >= 0.3 is 88.7 Å². The van der Waals surface area contributed by atoms with Crippen LogP contribution in [0, 0.1) is 0 Å². The van der Waals surface area contributed by atoms with Gasteiger partial charge in [0, 0.05) is 0 Å². The SMILES string of the molecule is O1[SiH2]O[SiH2]O[SiH2]O[SiH2]O[SiH2]O[SiH2]O[SiH2]1.O1[SiH2]O[SiH2]O[SiH2]O[SiH2]O[SiH2]O[SiH2]O[SiH2]1.O1[SiH2]O[SiH2]O[SiH2]O[SiH2]O[SiH2]O[SiH2]O[SiH2]1.[NaH].[NaH].[NaH]. The van der Waals surface area contributed by atoms with Gasteiger partial charge in [-0.05, 0) is 0 Å². The van der Waals surface area contributed by atoms with Gasteiger partial charge in [0.15, 0.2) is 0 Å². The molecule has 0 radical (unpaired) electrons. The van der Waals surface area contributed by atoms with Crippen molar-refractivity contribution in [2.24, 2.45) is 0 Å². The molecule has 0 atom stereocenters. The molecule has 0 aliphatic carbocycles. The topological polar surface area (TPSA) is 194 Å². The Balaban J connectivity index is -0.000000569. The number of rotatable bonds is 0. The van der Waals surface area contributed by atoms with Crippen molar-refractivity contribution in [2.75, 3.05) is 0 Å². The molecular formula is H45Na3O21Si21. The first kappa shape index (κ1) is 56.0. The van der Waals surface area contributed by atoms with Gasteiger partial charge in [-0.3, -0.25) is 0 Å². The maximum absolute atomic E-state index is 5.28. The Labute approximate surface area is 379 Å². The Morgan fingerprint density at radius 3 is 0.200 bits per heavy atom. The van der Waals surface area contributed by atoms with Crippen LogP contribution in [0.5, 0.6) is 0 Å². The summed E-state index contributed by atoms with van der Waals surface area (Å²) >= 11 is 0. The number of hydrogen-bond acceptors (Lipinski definition) is 21. The van der Waals surface area contributed by atoms with E-state index in [1.165, 1.54) is 0 Å². The summed E-state index contributed by atoms with van der Waals surface area (Å²) in [5.74, 6) is 0. The van der Waals surface area contributed by atoms with E-state index in [0.717, 1.165) is 0 Å². The minimum atomic E-state index is -0.835. The van der Waals surface area contributed by atoms with Crippen LogP contribution >= 0.6 is 0 Å². The van der Waals surface area contributed by atoms with Gasteiger partial charge in [-0.2, -0.15) is 0 Å². The van der Waals surface area contributed by atoms with Crippen molar-refractivity contribution in [3.05, 3.63) is 0 Å². The molecule has 0 saturated carbocycles. The second-order valence-electron chi connectivity index (χ2n) is 6.76. The molecular weight excluding hydrogens is 995 g/mol. The average molecular weight is 1040 g/mol. The summed E-state index contributed by atoms with van der Waals surface area (Å²) in [7, 11) is -17.5. The predicted molar refractivity (Wildman–Crippen MR) is 224 cm³/mol. The molecule has 0 aromatic carbocycles. The van der Waals surface area contributed by atoms with Crippen molar-refractivity contribution in [3.8, 4) is 0 Å². The average Bonchev–Trinajstić information content (AvgIpc) is 3.01. The zero-order valence-electron chi connectivity index (χ0n) is 23.4. The van der Waals surface area contributed by atoms with Gasteiger partial charge in [0.25, 0.3) is 210 Å². The third-order valence-electron chi connectivity index (χ3n) is 3.50. The van der Waals surface area contributed by atoms with Crippen LogP contribution in [0.3, 0.4) is 0 Å². The third-order valence-corrected chi connectivity index (χ3v) is 31.5. The van der Waals surface area contributed by atoms with Crippen molar-refractivity contribution >= 4 is 299 Å². The summed E-state index contributed by atoms with van der Waals surface area (Å²) in [4.78, 5) is 0. The molecule has 0 aromatic heterocycles. The van der Waals surface area contributed by atoms with E-state index >= 15 is 0 Å². The molecule has 3 aliphatic rings. The van der Waals surface area contributed by atoms with Crippen LogP contribution in [-0.4, -0.2) is 299 Å². The molecule has 0 amide bonds. The molecule has 0 spiro atoms. The number of hydrogen-bond donors (Lipinski definition) is 0. The van der Waals surface area contributed by atoms with Crippen LogP contribution in [0.15, 0.2) is 0 Å². The fourth-order valence-electron chi connectivity index (χ4n) is 1.95. The van der Waals surface area contributed by atoms with Crippen LogP contribution < -0.4 is 0 Å². The van der Waals surface area contributed by atoms with Crippen molar-refractivity contribution < 1.29 is 86.4 Å². The molecule has 3 heterocycles. The van der Waals surface area contributed by atoms with Crippen molar-refractivity contribution in [1.29, 1.82) is 0 Å². The van der Waals surface area contributed by atoms with Gasteiger partial charge in [-0.1, -0.05) is 0 Å². The first-order valence-electron chi connectivity index (χ1n) is 12.1. The molecule has 0 aromatic rings. The van der Waals surface area contributed by atoms with E-state index in [0.29, 0.717) is 0 Å². The van der Waals surface area contributed by atoms with E-state index in [9.17, 15) is 0 Å². The molecule has 3 aliphatic heterocycles. The van der Waals surface area contributed by atoms with Gasteiger partial charge in [0.2, 0.25) is 0 Å². The first-order valence-corrected chi connectivity index (χ1v) is 36.4. The fourth-order valence-corrected chi connectivity index (χ4v) is 39.8. The van der Waals surface area contributed by atoms with Crippen molar-refractivity contribution in [2.45, 2.75) is 0 Å². The van der Waals surface area contributed by atoms with E-state index in [4.69, 9.17) is 86.4 Å². The Hall–Kier alpha value is 6.71. The quantitative estimate of drug-likeness (QED) is 0.208. The maximum atomic E-state index is 5.28. The monoisotopic (exact) mass is 1040 g/mol. The van der Waals surface area contributed by atoms with E-state index in [1.54, 1.807) is 0 Å². The summed E-state index contributed by atoms with van der Waals surface area (Å²) in [5.41, 5.74) is 0. The second-order valence-corrected chi connectivity index (χ2v) is 46.0. The Bertz CT molecular complexity index is 284. The van der Waals surface area contributed by atoms with E-state index < -0.39 is 210 Å². The molecule has 0 unspecified atom stereocenters. The first-order chi connectivity index (χ1) is 21.0. The van der Waals surface area contributed by atoms with Crippen molar-refractivity contribution in [1.82, 2.24) is 0 Å². The normalized spacial score (nSPS) is 33.6. The third kappa shape index (κ3) is 50.7. The Kier molecular flexibility index (Phi) is 65.8. The van der Waals surface area contributed by atoms with Crippen molar-refractivity contribution in [3.63, 3.8) is 0 Å². The fraction of sp³-hybridized carbons (Fsp3) is 0. The van der Waals surface area contributed by atoms with Crippen LogP contribution in [0.2, 0.25) is 0 Å². The molecule has 45 heteroatoms. The zero-order valence-corrected chi connectivity index (χ0v) is 53.1. The second kappa shape index (κ2) is 52.8. The molecule has 3 fully saturated rings. The van der Waals surface area contributed by atoms with Crippen LogP contribution in [0.1, 0.15) is 0 Å². The molecule has 21 nitrogen and oxygen atoms in total. The van der Waals surface area contributed by atoms with E-state index in [2.05, 4.69) is 0 Å². The Morgan fingerprint density at radius 1 is 0.111 bits per heavy atom. The molecule has 0 N–H and O–H groups in total. The summed E-state index contributed by atoms with van der Waals surface area (Å²) in [5, 5.41) is 0. The van der Waals surface area contributed by atoms with Gasteiger partial charge in [0.1, 0.15) is 0 Å². The summed E-state index contributed by atoms with van der Waals surface area (Å²) in [6.07, 6.45) is 0. The summed E-state index contributed by atoms with van der Waals surface area (Å²) < 4.78 is 111. The van der Waals surface area contributed by atoms with E-state index in [1.807, 2.05) is 0 Å². The standard InChI is InChI=1S/3Na.3H14O7Si7.3H/c;;;3*1-8-2-10-4-12-6-14-7-13-5-11-3-9-1;;;/h;;;3*8-14H2;;;. The molecule has 45 heavy (non-hydrogen) atoms. The molecule has 258 valence electrons. The molecule has 3 saturated heterocycles. The predicted octanol–water partition coefficient (Wildman–Crippen LogP) is -22.6. The zero-order chi connectivity index (χ0) is 29.7. The van der Waals surface area contributed by atoms with Gasteiger partial charge in [-0.15, -0.1) is 0 Å². The van der Waals surface area contributed by atoms with Crippen LogP contribution in [-0.2, 0) is 86.4 Å². The Morgan fingerprint density at radius 2 is 0.156 bits per heavy atom.